The summed E-state index contributed by atoms with van der Waals surface area (Å²) in [7, 11) is -3.67. The van der Waals surface area contributed by atoms with Gasteiger partial charge in [-0.05, 0) is 25.3 Å². The highest BCUT2D eigenvalue weighted by Gasteiger charge is 2.34. The van der Waals surface area contributed by atoms with Crippen LogP contribution in [0.5, 0.6) is 0 Å². The minimum atomic E-state index is -3.67. The minimum absolute atomic E-state index is 0.00991. The van der Waals surface area contributed by atoms with Crippen molar-refractivity contribution in [2.75, 3.05) is 13.2 Å². The van der Waals surface area contributed by atoms with Crippen molar-refractivity contribution in [3.63, 3.8) is 0 Å². The van der Waals surface area contributed by atoms with Crippen LogP contribution < -0.4 is 0 Å². The van der Waals surface area contributed by atoms with Gasteiger partial charge in [-0.25, -0.2) is 13.2 Å². The van der Waals surface area contributed by atoms with Gasteiger partial charge in [0.2, 0.25) is 0 Å². The first kappa shape index (κ1) is 15.4. The van der Waals surface area contributed by atoms with Crippen LogP contribution in [0.4, 0.5) is 0 Å². The Morgan fingerprint density at radius 2 is 2.20 bits per heavy atom. The van der Waals surface area contributed by atoms with Crippen LogP contribution in [0.25, 0.3) is 0 Å². The molecule has 1 atom stereocenters. The molecule has 1 saturated heterocycles. The highest BCUT2D eigenvalue weighted by Crippen LogP contribution is 2.30. The zero-order valence-electron chi connectivity index (χ0n) is 10.9. The first-order valence-corrected chi connectivity index (χ1v) is 8.73. The van der Waals surface area contributed by atoms with Gasteiger partial charge in [-0.1, -0.05) is 6.42 Å². The van der Waals surface area contributed by atoms with Gasteiger partial charge < -0.3 is 10.2 Å². The molecule has 0 radical (unpaired) electrons. The lowest BCUT2D eigenvalue weighted by Gasteiger charge is -2.33. The zero-order chi connectivity index (χ0) is 14.8. The average molecular weight is 319 g/mol. The van der Waals surface area contributed by atoms with Gasteiger partial charge >= 0.3 is 5.97 Å². The maximum absolute atomic E-state index is 12.6. The van der Waals surface area contributed by atoms with Crippen LogP contribution in [-0.4, -0.2) is 48.1 Å². The molecule has 20 heavy (non-hydrogen) atoms. The third-order valence-corrected chi connectivity index (χ3v) is 6.79. The molecule has 1 aliphatic heterocycles. The van der Waals surface area contributed by atoms with Crippen LogP contribution in [0.15, 0.2) is 15.7 Å². The quantitative estimate of drug-likeness (QED) is 0.855. The minimum Gasteiger partial charge on any atom is -0.478 e. The van der Waals surface area contributed by atoms with Gasteiger partial charge in [0.25, 0.3) is 10.0 Å². The van der Waals surface area contributed by atoms with E-state index < -0.39 is 16.0 Å². The molecule has 0 spiro atoms. The largest absolute Gasteiger partial charge is 0.478 e. The van der Waals surface area contributed by atoms with E-state index in [0.29, 0.717) is 13.0 Å². The molecule has 1 unspecified atom stereocenters. The lowest BCUT2D eigenvalue weighted by atomic mass is 10.0. The molecule has 2 rings (SSSR count). The predicted molar refractivity (Wildman–Crippen MR) is 74.5 cm³/mol. The van der Waals surface area contributed by atoms with E-state index >= 15 is 0 Å². The average Bonchev–Trinajstić information content (AvgIpc) is 2.90. The van der Waals surface area contributed by atoms with Crippen LogP contribution in [0, 0.1) is 0 Å². The van der Waals surface area contributed by atoms with E-state index in [0.717, 1.165) is 30.6 Å². The van der Waals surface area contributed by atoms with Crippen LogP contribution in [0.1, 0.15) is 36.0 Å². The van der Waals surface area contributed by atoms with Gasteiger partial charge in [-0.2, -0.15) is 4.31 Å². The number of aromatic carboxylic acids is 1. The van der Waals surface area contributed by atoms with Crippen molar-refractivity contribution < 1.29 is 23.4 Å². The Labute approximate surface area is 121 Å². The summed E-state index contributed by atoms with van der Waals surface area (Å²) >= 11 is 0.926. The summed E-state index contributed by atoms with van der Waals surface area (Å²) in [5.74, 6) is -1.13. The van der Waals surface area contributed by atoms with E-state index in [-0.39, 0.29) is 22.4 Å². The molecule has 1 aromatic heterocycles. The van der Waals surface area contributed by atoms with Crippen LogP contribution in [0.2, 0.25) is 0 Å². The van der Waals surface area contributed by atoms with E-state index in [1.807, 2.05) is 0 Å². The maximum atomic E-state index is 12.6. The topological polar surface area (TPSA) is 94.9 Å². The van der Waals surface area contributed by atoms with Gasteiger partial charge in [0, 0.05) is 24.6 Å². The Morgan fingerprint density at radius 1 is 1.45 bits per heavy atom. The van der Waals surface area contributed by atoms with Crippen LogP contribution in [-0.2, 0) is 10.0 Å². The smallest absolute Gasteiger partial charge is 0.336 e. The number of nitrogens with zero attached hydrogens (tertiary/aromatic N) is 1. The molecule has 0 aliphatic carbocycles. The molecular weight excluding hydrogens is 302 g/mol. The third-order valence-electron chi connectivity index (χ3n) is 3.42. The third kappa shape index (κ3) is 3.03. The molecule has 1 aliphatic rings. The summed E-state index contributed by atoms with van der Waals surface area (Å²) in [5.41, 5.74) is -0.00991. The van der Waals surface area contributed by atoms with Gasteiger partial charge in [-0.15, -0.1) is 11.3 Å². The Hall–Kier alpha value is -0.960. The second kappa shape index (κ2) is 6.21. The van der Waals surface area contributed by atoms with E-state index in [1.54, 1.807) is 0 Å². The van der Waals surface area contributed by atoms with Crippen molar-refractivity contribution in [1.29, 1.82) is 0 Å². The Kier molecular flexibility index (Phi) is 4.79. The monoisotopic (exact) mass is 319 g/mol. The highest BCUT2D eigenvalue weighted by atomic mass is 32.2. The van der Waals surface area contributed by atoms with Gasteiger partial charge in [0.05, 0.1) is 5.56 Å². The zero-order valence-corrected chi connectivity index (χ0v) is 12.5. The summed E-state index contributed by atoms with van der Waals surface area (Å²) in [5, 5.41) is 19.3. The number of aliphatic hydroxyl groups is 1. The number of hydrogen-bond acceptors (Lipinski definition) is 5. The number of carbonyl (C=O) groups is 1. The fourth-order valence-corrected chi connectivity index (χ4v) is 5.41. The molecular formula is C12H17NO5S2. The van der Waals surface area contributed by atoms with Crippen molar-refractivity contribution in [1.82, 2.24) is 4.31 Å². The summed E-state index contributed by atoms with van der Waals surface area (Å²) in [4.78, 5) is 10.8. The summed E-state index contributed by atoms with van der Waals surface area (Å²) in [6.07, 6.45) is 2.88. The van der Waals surface area contributed by atoms with Crippen molar-refractivity contribution in [2.45, 2.75) is 35.9 Å². The first-order chi connectivity index (χ1) is 9.46. The van der Waals surface area contributed by atoms with E-state index in [4.69, 9.17) is 10.2 Å². The number of aliphatic hydroxyl groups excluding tert-OH is 1. The van der Waals surface area contributed by atoms with Crippen molar-refractivity contribution >= 4 is 27.3 Å². The van der Waals surface area contributed by atoms with Gasteiger partial charge in [0.1, 0.15) is 4.21 Å². The fraction of sp³-hybridized carbons (Fsp3) is 0.583. The van der Waals surface area contributed by atoms with Crippen molar-refractivity contribution in [3.05, 3.63) is 17.0 Å². The number of carboxylic acid groups (broad SMARTS) is 1. The van der Waals surface area contributed by atoms with E-state index in [2.05, 4.69) is 0 Å². The number of piperidine rings is 1. The molecule has 8 heteroatoms. The summed E-state index contributed by atoms with van der Waals surface area (Å²) in [6.45, 7) is 0.370. The molecule has 0 bridgehead atoms. The number of rotatable bonds is 5. The SMILES string of the molecule is O=C(O)c1csc(S(=O)(=O)N2CCCCC2CCO)c1. The highest BCUT2D eigenvalue weighted by molar-refractivity contribution is 7.91. The molecule has 2 N–H and O–H groups in total. The van der Waals surface area contributed by atoms with Gasteiger partial charge in [0.15, 0.2) is 0 Å². The van der Waals surface area contributed by atoms with Crippen LogP contribution in [0.3, 0.4) is 0 Å². The number of hydrogen-bond donors (Lipinski definition) is 2. The van der Waals surface area contributed by atoms with E-state index in [1.165, 1.54) is 15.8 Å². The first-order valence-electron chi connectivity index (χ1n) is 6.41. The molecule has 112 valence electrons. The predicted octanol–water partition coefficient (Wildman–Crippen LogP) is 1.37. The second-order valence-corrected chi connectivity index (χ2v) is 7.77. The molecule has 1 aromatic rings. The molecule has 0 amide bonds. The Balaban J connectivity index is 2.29. The normalized spacial score (nSPS) is 20.9. The molecule has 6 nitrogen and oxygen atoms in total. The number of thiophene rings is 1. The molecule has 1 fully saturated rings. The summed E-state index contributed by atoms with van der Waals surface area (Å²) in [6, 6.07) is 1.00. The molecule has 2 heterocycles. The lowest BCUT2D eigenvalue weighted by Crippen LogP contribution is -2.43. The maximum Gasteiger partial charge on any atom is 0.336 e. The summed E-state index contributed by atoms with van der Waals surface area (Å²) < 4.78 is 26.6. The standard InChI is InChI=1S/C12H17NO5S2/c14-6-4-10-3-1-2-5-13(10)20(17,18)11-7-9(8-19-11)12(15)16/h7-8,10,14H,1-6H2,(H,15,16). The Morgan fingerprint density at radius 3 is 2.80 bits per heavy atom. The van der Waals surface area contributed by atoms with E-state index in [9.17, 15) is 13.2 Å². The molecule has 0 saturated carbocycles. The number of carboxylic acids is 1. The number of sulfonamides is 1. The lowest BCUT2D eigenvalue weighted by molar-refractivity contribution is 0.0697. The molecule has 0 aromatic carbocycles. The fourth-order valence-electron chi connectivity index (χ4n) is 2.41. The van der Waals surface area contributed by atoms with Crippen molar-refractivity contribution in [2.24, 2.45) is 0 Å². The van der Waals surface area contributed by atoms with Crippen LogP contribution >= 0.6 is 11.3 Å². The van der Waals surface area contributed by atoms with Crippen molar-refractivity contribution in [3.8, 4) is 0 Å². The van der Waals surface area contributed by atoms with Gasteiger partial charge in [-0.3, -0.25) is 0 Å². The Bertz CT molecular complexity index is 578. The second-order valence-electron chi connectivity index (χ2n) is 4.74.